The quantitative estimate of drug-likeness (QED) is 0.406. The van der Waals surface area contributed by atoms with Gasteiger partial charge in [0.15, 0.2) is 0 Å². The number of phenolic OH excluding ortho intramolecular Hbond substituents is 1. The van der Waals surface area contributed by atoms with Crippen molar-refractivity contribution in [1.29, 1.82) is 0 Å². The van der Waals surface area contributed by atoms with Crippen molar-refractivity contribution < 1.29 is 9.50 Å². The zero-order chi connectivity index (χ0) is 20.5. The zero-order valence-corrected chi connectivity index (χ0v) is 17.0. The molecule has 1 N–H and O–H groups in total. The van der Waals surface area contributed by atoms with E-state index in [4.69, 9.17) is 23.2 Å². The van der Waals surface area contributed by atoms with E-state index in [1.54, 1.807) is 25.3 Å². The molecule has 0 fully saturated rings. The lowest BCUT2D eigenvalue weighted by Gasteiger charge is -2.21. The summed E-state index contributed by atoms with van der Waals surface area (Å²) in [5.41, 5.74) is 3.12. The number of phenols is 1. The number of aryl methyl sites for hydroxylation is 1. The Kier molecular flexibility index (Phi) is 5.39. The van der Waals surface area contributed by atoms with Crippen molar-refractivity contribution >= 4 is 34.1 Å². The Morgan fingerprint density at radius 2 is 1.86 bits per heavy atom. The standard InChI is InChI=1S/C23H17Cl2FN2O/c1-13-10-15(28-12-20(13)26)11-18(16-5-2-6-19(24)21(16)25)17-8-7-14-4-3-9-27-22(14)23(17)29/h2-10,12,18,29H,11H2,1H3. The number of hydrogen-bond acceptors (Lipinski definition) is 3. The Morgan fingerprint density at radius 3 is 2.66 bits per heavy atom. The van der Waals surface area contributed by atoms with Crippen LogP contribution in [0.4, 0.5) is 4.39 Å². The first-order valence-electron chi connectivity index (χ1n) is 9.07. The van der Waals surface area contributed by atoms with E-state index < -0.39 is 0 Å². The van der Waals surface area contributed by atoms with Gasteiger partial charge in [0.2, 0.25) is 0 Å². The number of benzene rings is 2. The molecule has 0 saturated carbocycles. The largest absolute Gasteiger partial charge is 0.505 e. The number of pyridine rings is 2. The number of nitrogens with zero attached hydrogens (tertiary/aromatic N) is 2. The molecule has 1 atom stereocenters. The van der Waals surface area contributed by atoms with Crippen LogP contribution in [0.5, 0.6) is 5.75 Å². The van der Waals surface area contributed by atoms with Crippen LogP contribution >= 0.6 is 23.2 Å². The number of aromatic hydroxyl groups is 1. The van der Waals surface area contributed by atoms with Crippen molar-refractivity contribution in [2.24, 2.45) is 0 Å². The lowest BCUT2D eigenvalue weighted by Crippen LogP contribution is -2.09. The van der Waals surface area contributed by atoms with Crippen LogP contribution in [0, 0.1) is 12.7 Å². The molecule has 0 radical (unpaired) electrons. The molecular formula is C23H17Cl2FN2O. The maximum Gasteiger partial charge on any atom is 0.145 e. The summed E-state index contributed by atoms with van der Waals surface area (Å²) in [7, 11) is 0. The van der Waals surface area contributed by atoms with Gasteiger partial charge in [-0.1, -0.05) is 53.5 Å². The van der Waals surface area contributed by atoms with Crippen molar-refractivity contribution in [3.8, 4) is 5.75 Å². The van der Waals surface area contributed by atoms with E-state index in [0.29, 0.717) is 38.8 Å². The molecule has 0 aliphatic rings. The lowest BCUT2D eigenvalue weighted by molar-refractivity contribution is 0.469. The van der Waals surface area contributed by atoms with Gasteiger partial charge in [0.25, 0.3) is 0 Å². The van der Waals surface area contributed by atoms with Crippen molar-refractivity contribution in [2.75, 3.05) is 0 Å². The average Bonchev–Trinajstić information content (AvgIpc) is 2.72. The summed E-state index contributed by atoms with van der Waals surface area (Å²) in [6, 6.07) is 14.6. The first kappa shape index (κ1) is 19.6. The Balaban J connectivity index is 1.89. The smallest absolute Gasteiger partial charge is 0.145 e. The Morgan fingerprint density at radius 1 is 1.03 bits per heavy atom. The SMILES string of the molecule is Cc1cc(CC(c2cccc(Cl)c2Cl)c2ccc3cccnc3c2O)ncc1F. The van der Waals surface area contributed by atoms with Gasteiger partial charge >= 0.3 is 0 Å². The Hall–Kier alpha value is -2.69. The van der Waals surface area contributed by atoms with E-state index in [9.17, 15) is 9.50 Å². The van der Waals surface area contributed by atoms with Crippen LogP contribution < -0.4 is 0 Å². The van der Waals surface area contributed by atoms with Crippen molar-refractivity contribution in [3.05, 3.63) is 99.2 Å². The molecule has 2 aromatic carbocycles. The highest BCUT2D eigenvalue weighted by Crippen LogP contribution is 2.41. The minimum Gasteiger partial charge on any atom is -0.505 e. The molecule has 0 aliphatic carbocycles. The van der Waals surface area contributed by atoms with Gasteiger partial charge in [0.1, 0.15) is 17.1 Å². The van der Waals surface area contributed by atoms with Crippen LogP contribution in [0.15, 0.2) is 60.9 Å². The molecule has 2 heterocycles. The molecule has 0 amide bonds. The fourth-order valence-corrected chi connectivity index (χ4v) is 3.96. The molecule has 146 valence electrons. The van der Waals surface area contributed by atoms with Crippen LogP contribution in [0.1, 0.15) is 28.3 Å². The van der Waals surface area contributed by atoms with Crippen LogP contribution in [0.25, 0.3) is 10.9 Å². The van der Waals surface area contributed by atoms with E-state index in [1.807, 2.05) is 36.4 Å². The first-order valence-corrected chi connectivity index (χ1v) is 9.83. The Labute approximate surface area is 177 Å². The maximum absolute atomic E-state index is 13.7. The number of halogens is 3. The van der Waals surface area contributed by atoms with Gasteiger partial charge in [-0.05, 0) is 36.2 Å². The van der Waals surface area contributed by atoms with Gasteiger partial charge in [-0.2, -0.15) is 0 Å². The summed E-state index contributed by atoms with van der Waals surface area (Å²) in [6.45, 7) is 1.69. The van der Waals surface area contributed by atoms with Gasteiger partial charge in [-0.15, -0.1) is 0 Å². The van der Waals surface area contributed by atoms with E-state index in [1.165, 1.54) is 6.20 Å². The van der Waals surface area contributed by atoms with E-state index in [-0.39, 0.29) is 17.5 Å². The molecule has 0 aliphatic heterocycles. The highest BCUT2D eigenvalue weighted by molar-refractivity contribution is 6.42. The zero-order valence-electron chi connectivity index (χ0n) is 15.5. The third-order valence-electron chi connectivity index (χ3n) is 5.03. The fourth-order valence-electron chi connectivity index (χ4n) is 3.52. The molecule has 0 saturated heterocycles. The molecular weight excluding hydrogens is 410 g/mol. The number of fused-ring (bicyclic) bond motifs is 1. The molecule has 1 unspecified atom stereocenters. The predicted molar refractivity (Wildman–Crippen MR) is 114 cm³/mol. The minimum absolute atomic E-state index is 0.0861. The Bertz CT molecular complexity index is 1210. The lowest BCUT2D eigenvalue weighted by atomic mass is 9.86. The third-order valence-corrected chi connectivity index (χ3v) is 5.86. The second-order valence-corrected chi connectivity index (χ2v) is 7.69. The van der Waals surface area contributed by atoms with E-state index in [2.05, 4.69) is 9.97 Å². The van der Waals surface area contributed by atoms with Crippen LogP contribution in [0.3, 0.4) is 0 Å². The molecule has 29 heavy (non-hydrogen) atoms. The van der Waals surface area contributed by atoms with Crippen LogP contribution in [-0.2, 0) is 6.42 Å². The van der Waals surface area contributed by atoms with Crippen LogP contribution in [0.2, 0.25) is 10.0 Å². The van der Waals surface area contributed by atoms with Crippen LogP contribution in [-0.4, -0.2) is 15.1 Å². The normalized spacial score (nSPS) is 12.3. The van der Waals surface area contributed by atoms with Crippen molar-refractivity contribution in [1.82, 2.24) is 9.97 Å². The van der Waals surface area contributed by atoms with Gasteiger partial charge < -0.3 is 5.11 Å². The second-order valence-electron chi connectivity index (χ2n) is 6.90. The maximum atomic E-state index is 13.7. The van der Waals surface area contributed by atoms with Gasteiger partial charge in [0.05, 0.1) is 16.2 Å². The van der Waals surface area contributed by atoms with Gasteiger partial charge in [0, 0.05) is 35.2 Å². The number of hydrogen-bond donors (Lipinski definition) is 1. The van der Waals surface area contributed by atoms with Gasteiger partial charge in [-0.25, -0.2) is 4.39 Å². The number of rotatable bonds is 4. The fraction of sp³-hybridized carbons (Fsp3) is 0.130. The molecule has 6 heteroatoms. The summed E-state index contributed by atoms with van der Waals surface area (Å²) in [5, 5.41) is 12.7. The molecule has 0 spiro atoms. The first-order chi connectivity index (χ1) is 14.0. The van der Waals surface area contributed by atoms with Crippen molar-refractivity contribution in [3.63, 3.8) is 0 Å². The average molecular weight is 427 g/mol. The summed E-state index contributed by atoms with van der Waals surface area (Å²) in [5.74, 6) is -0.614. The van der Waals surface area contributed by atoms with E-state index >= 15 is 0 Å². The minimum atomic E-state index is -0.358. The highest BCUT2D eigenvalue weighted by atomic mass is 35.5. The molecule has 2 aromatic heterocycles. The van der Waals surface area contributed by atoms with Gasteiger partial charge in [-0.3, -0.25) is 9.97 Å². The summed E-state index contributed by atoms with van der Waals surface area (Å²) < 4.78 is 13.7. The summed E-state index contributed by atoms with van der Waals surface area (Å²) >= 11 is 12.8. The predicted octanol–water partition coefficient (Wildman–Crippen LogP) is 6.46. The molecule has 4 rings (SSSR count). The topological polar surface area (TPSA) is 46.0 Å². The molecule has 3 nitrogen and oxygen atoms in total. The number of aromatic nitrogens is 2. The van der Waals surface area contributed by atoms with Crippen molar-refractivity contribution in [2.45, 2.75) is 19.3 Å². The summed E-state index contributed by atoms with van der Waals surface area (Å²) in [4.78, 5) is 8.54. The third kappa shape index (κ3) is 3.78. The molecule has 4 aromatic rings. The molecule has 0 bridgehead atoms. The summed E-state index contributed by atoms with van der Waals surface area (Å²) in [6.07, 6.45) is 3.26. The monoisotopic (exact) mass is 426 g/mol. The van der Waals surface area contributed by atoms with E-state index in [0.717, 1.165) is 10.9 Å². The highest BCUT2D eigenvalue weighted by Gasteiger charge is 2.24. The second kappa shape index (κ2) is 7.97.